The van der Waals surface area contributed by atoms with Crippen molar-refractivity contribution in [3.63, 3.8) is 0 Å². The third-order valence-electron chi connectivity index (χ3n) is 7.57. The Labute approximate surface area is 233 Å². The monoisotopic (exact) mass is 548 g/mol. The number of rotatable bonds is 5. The van der Waals surface area contributed by atoms with Crippen molar-refractivity contribution >= 4 is 44.9 Å². The van der Waals surface area contributed by atoms with Gasteiger partial charge in [0.2, 0.25) is 10.9 Å². The van der Waals surface area contributed by atoms with Gasteiger partial charge < -0.3 is 9.32 Å². The highest BCUT2D eigenvalue weighted by Gasteiger charge is 2.66. The van der Waals surface area contributed by atoms with Crippen molar-refractivity contribution in [3.8, 4) is 0 Å². The molecule has 2 aliphatic heterocycles. The molecule has 5 aromatic rings. The van der Waals surface area contributed by atoms with E-state index in [1.807, 2.05) is 74.5 Å². The van der Waals surface area contributed by atoms with Crippen LogP contribution in [0.25, 0.3) is 11.0 Å². The van der Waals surface area contributed by atoms with Crippen LogP contribution in [0, 0.1) is 6.92 Å². The van der Waals surface area contributed by atoms with Crippen LogP contribution >= 0.6 is 11.3 Å². The van der Waals surface area contributed by atoms with Crippen LogP contribution in [0.4, 0.5) is 10.8 Å². The highest BCUT2D eigenvalue weighted by Crippen LogP contribution is 2.54. The molecule has 9 heteroatoms. The molecule has 3 aromatic carbocycles. The second-order valence-corrected chi connectivity index (χ2v) is 11.1. The number of carbonyl (C=O) groups excluding carboxylic acids is 2. The van der Waals surface area contributed by atoms with Crippen LogP contribution in [-0.4, -0.2) is 22.0 Å². The summed E-state index contributed by atoms with van der Waals surface area (Å²) in [6.45, 7) is 4.19. The minimum Gasteiger partial charge on any atom is -0.450 e. The van der Waals surface area contributed by atoms with E-state index in [0.29, 0.717) is 28.6 Å². The number of amides is 2. The molecule has 7 rings (SSSR count). The first-order chi connectivity index (χ1) is 19.4. The van der Waals surface area contributed by atoms with Gasteiger partial charge >= 0.3 is 0 Å². The predicted octanol–water partition coefficient (Wildman–Crippen LogP) is 5.36. The van der Waals surface area contributed by atoms with E-state index in [1.165, 1.54) is 16.2 Å². The molecule has 0 fully saturated rings. The van der Waals surface area contributed by atoms with E-state index in [-0.39, 0.29) is 23.0 Å². The summed E-state index contributed by atoms with van der Waals surface area (Å²) in [5.41, 5.74) is 1.09. The Morgan fingerprint density at radius 1 is 0.950 bits per heavy atom. The van der Waals surface area contributed by atoms with Crippen LogP contribution in [0.1, 0.15) is 51.2 Å². The third kappa shape index (κ3) is 3.27. The molecule has 1 unspecified atom stereocenters. The number of aryl methyl sites for hydroxylation is 2. The van der Waals surface area contributed by atoms with Crippen molar-refractivity contribution in [1.29, 1.82) is 0 Å². The maximum Gasteiger partial charge on any atom is 0.297 e. The lowest BCUT2D eigenvalue weighted by Crippen LogP contribution is -2.53. The summed E-state index contributed by atoms with van der Waals surface area (Å²) < 4.78 is 6.16. The molecule has 2 amide bonds. The number of benzene rings is 3. The van der Waals surface area contributed by atoms with Gasteiger partial charge in [0.25, 0.3) is 11.8 Å². The number of fused-ring (bicyclic) bond motifs is 5. The smallest absolute Gasteiger partial charge is 0.297 e. The first-order valence-electron chi connectivity index (χ1n) is 13.2. The number of hydrogen-bond donors (Lipinski definition) is 0. The molecular formula is C31H24N4O4S. The minimum absolute atomic E-state index is 0.0239. The summed E-state index contributed by atoms with van der Waals surface area (Å²) in [6, 6.07) is 22.2. The van der Waals surface area contributed by atoms with Gasteiger partial charge in [-0.3, -0.25) is 19.3 Å². The third-order valence-corrected chi connectivity index (χ3v) is 8.54. The van der Waals surface area contributed by atoms with Crippen LogP contribution in [-0.2, 0) is 23.3 Å². The average molecular weight is 549 g/mol. The normalized spacial score (nSPS) is 17.8. The Balaban J connectivity index is 1.55. The zero-order chi connectivity index (χ0) is 27.6. The van der Waals surface area contributed by atoms with Crippen LogP contribution in [0.15, 0.2) is 82.0 Å². The quantitative estimate of drug-likeness (QED) is 0.294. The Hall–Kier alpha value is -4.63. The molecule has 0 N–H and O–H groups in total. The van der Waals surface area contributed by atoms with E-state index in [0.717, 1.165) is 22.6 Å². The number of aromatic nitrogens is 2. The first-order valence-corrected chi connectivity index (χ1v) is 14.0. The lowest BCUT2D eigenvalue weighted by Gasteiger charge is -2.32. The molecular weight excluding hydrogens is 524 g/mol. The van der Waals surface area contributed by atoms with E-state index in [9.17, 15) is 14.4 Å². The summed E-state index contributed by atoms with van der Waals surface area (Å²) in [5, 5.41) is 9.98. The number of nitrogens with zero attached hydrogens (tertiary/aromatic N) is 4. The number of para-hydroxylation sites is 1. The van der Waals surface area contributed by atoms with Gasteiger partial charge in [0.1, 0.15) is 10.6 Å². The molecule has 0 saturated heterocycles. The van der Waals surface area contributed by atoms with Crippen molar-refractivity contribution in [1.82, 2.24) is 10.2 Å². The molecule has 0 radical (unpaired) electrons. The molecule has 0 bridgehead atoms. The topological polar surface area (TPSA) is 96.6 Å². The number of anilines is 2. The molecule has 198 valence electrons. The molecule has 8 nitrogen and oxygen atoms in total. The Bertz CT molecular complexity index is 1900. The molecule has 4 heterocycles. The summed E-state index contributed by atoms with van der Waals surface area (Å²) in [4.78, 5) is 46.5. The van der Waals surface area contributed by atoms with Crippen molar-refractivity contribution in [2.45, 2.75) is 38.8 Å². The van der Waals surface area contributed by atoms with E-state index < -0.39 is 22.8 Å². The van der Waals surface area contributed by atoms with Gasteiger partial charge in [0.05, 0.1) is 23.2 Å². The highest BCUT2D eigenvalue weighted by molar-refractivity contribution is 7.15. The zero-order valence-corrected chi connectivity index (χ0v) is 22.7. The van der Waals surface area contributed by atoms with Gasteiger partial charge in [-0.25, -0.2) is 0 Å². The van der Waals surface area contributed by atoms with Crippen molar-refractivity contribution < 1.29 is 14.0 Å². The van der Waals surface area contributed by atoms with Crippen molar-refractivity contribution in [2.75, 3.05) is 9.80 Å². The molecule has 40 heavy (non-hydrogen) atoms. The second kappa shape index (κ2) is 8.96. The molecule has 2 aliphatic rings. The van der Waals surface area contributed by atoms with Gasteiger partial charge in [0.15, 0.2) is 11.0 Å². The van der Waals surface area contributed by atoms with Crippen LogP contribution < -0.4 is 15.2 Å². The largest absolute Gasteiger partial charge is 0.450 e. The Kier molecular flexibility index (Phi) is 5.47. The molecule has 1 atom stereocenters. The fraction of sp³-hybridized carbons (Fsp3) is 0.194. The fourth-order valence-electron chi connectivity index (χ4n) is 5.85. The number of hydrogen-bond acceptors (Lipinski definition) is 7. The van der Waals surface area contributed by atoms with Crippen molar-refractivity contribution in [2.24, 2.45) is 0 Å². The highest BCUT2D eigenvalue weighted by atomic mass is 32.1. The summed E-state index contributed by atoms with van der Waals surface area (Å²) in [6.07, 6.45) is 1.54. The molecule has 2 aromatic heterocycles. The maximum absolute atomic E-state index is 14.9. The predicted molar refractivity (Wildman–Crippen MR) is 153 cm³/mol. The van der Waals surface area contributed by atoms with Crippen LogP contribution in [0.5, 0.6) is 0 Å². The van der Waals surface area contributed by atoms with Gasteiger partial charge in [-0.1, -0.05) is 78.4 Å². The van der Waals surface area contributed by atoms with E-state index in [4.69, 9.17) is 4.42 Å². The van der Waals surface area contributed by atoms with E-state index in [2.05, 4.69) is 10.2 Å². The van der Waals surface area contributed by atoms with Gasteiger partial charge in [-0.2, -0.15) is 0 Å². The molecule has 0 saturated carbocycles. The summed E-state index contributed by atoms with van der Waals surface area (Å²) in [5.74, 6) is -1.13. The SMILES string of the molecule is CCCc1nnc(N2C(=O)c3oc4ccc(C)cc4c(=O)c3C23C(=O)N(Cc2ccccc2)c2ccccc23)s1. The number of carbonyl (C=O) groups is 2. The van der Waals surface area contributed by atoms with Gasteiger partial charge in [0, 0.05) is 12.0 Å². The van der Waals surface area contributed by atoms with Gasteiger partial charge in [-0.15, -0.1) is 10.2 Å². The van der Waals surface area contributed by atoms with E-state index in [1.54, 1.807) is 17.0 Å². The van der Waals surface area contributed by atoms with Crippen LogP contribution in [0.3, 0.4) is 0 Å². The standard InChI is InChI=1S/C31H24N4O4S/c1-3-9-24-32-33-30(40-24)35-28(37)27-25(26(36)20-16-18(2)14-15-23(20)39-27)31(35)21-12-7-8-13-22(21)34(29(31)38)17-19-10-5-4-6-11-19/h4-8,10-16H,3,9,17H2,1-2H3. The fourth-order valence-corrected chi connectivity index (χ4v) is 6.84. The summed E-state index contributed by atoms with van der Waals surface area (Å²) in [7, 11) is 0. The average Bonchev–Trinajstić information content (AvgIpc) is 3.59. The Morgan fingerprint density at radius 2 is 1.73 bits per heavy atom. The Morgan fingerprint density at radius 3 is 2.52 bits per heavy atom. The minimum atomic E-state index is -1.78. The molecule has 1 spiro atoms. The van der Waals surface area contributed by atoms with Crippen LogP contribution in [0.2, 0.25) is 0 Å². The van der Waals surface area contributed by atoms with Crippen molar-refractivity contribution in [3.05, 3.63) is 116 Å². The van der Waals surface area contributed by atoms with E-state index >= 15 is 0 Å². The van der Waals surface area contributed by atoms with Gasteiger partial charge in [-0.05, 0) is 37.1 Å². The zero-order valence-electron chi connectivity index (χ0n) is 21.9. The summed E-state index contributed by atoms with van der Waals surface area (Å²) >= 11 is 1.25. The lowest BCUT2D eigenvalue weighted by atomic mass is 9.84. The molecule has 0 aliphatic carbocycles. The maximum atomic E-state index is 14.9. The lowest BCUT2D eigenvalue weighted by molar-refractivity contribution is -0.121. The second-order valence-electron chi connectivity index (χ2n) is 10.1. The first kappa shape index (κ1) is 24.4.